The van der Waals surface area contributed by atoms with Gasteiger partial charge in [-0.1, -0.05) is 18.3 Å². The van der Waals surface area contributed by atoms with Gasteiger partial charge in [0.25, 0.3) is 10.0 Å². The van der Waals surface area contributed by atoms with E-state index in [0.717, 1.165) is 15.6 Å². The fourth-order valence-electron chi connectivity index (χ4n) is 3.46. The molecule has 0 fully saturated rings. The number of aromatic nitrogens is 1. The van der Waals surface area contributed by atoms with Gasteiger partial charge in [-0.15, -0.1) is 0 Å². The minimum Gasteiger partial charge on any atom is -0.486 e. The first-order valence-electron chi connectivity index (χ1n) is 11.8. The molecule has 216 valence electrons. The largest absolute Gasteiger partial charge is 0.486 e. The number of amides is 1. The molecule has 1 atom stereocenters. The predicted octanol–water partition coefficient (Wildman–Crippen LogP) is 4.81. The molecule has 2 N–H and O–H groups in total. The summed E-state index contributed by atoms with van der Waals surface area (Å²) >= 11 is 1.08. The number of thiazole rings is 1. The number of nitrogens with zero attached hydrogens (tertiary/aromatic N) is 2. The van der Waals surface area contributed by atoms with Gasteiger partial charge in [0.05, 0.1) is 23.8 Å². The van der Waals surface area contributed by atoms with E-state index in [0.29, 0.717) is 25.3 Å². The highest BCUT2D eigenvalue weighted by molar-refractivity contribution is 7.93. The van der Waals surface area contributed by atoms with Crippen LogP contribution in [0.3, 0.4) is 0 Å². The monoisotopic (exact) mass is 595 g/mol. The highest BCUT2D eigenvalue weighted by Crippen LogP contribution is 2.42. The number of hydrogen-bond acceptors (Lipinski definition) is 9. The second-order valence-electron chi connectivity index (χ2n) is 8.90. The van der Waals surface area contributed by atoms with E-state index < -0.39 is 40.0 Å². The first-order valence-corrected chi connectivity index (χ1v) is 14.1. The van der Waals surface area contributed by atoms with Crippen LogP contribution < -0.4 is 19.1 Å². The van der Waals surface area contributed by atoms with Crippen molar-refractivity contribution in [2.45, 2.75) is 69.9 Å². The highest BCUT2D eigenvalue weighted by atomic mass is 32.2. The number of carboxylic acid groups (broad SMARTS) is 1. The summed E-state index contributed by atoms with van der Waals surface area (Å²) in [4.78, 5) is 27.6. The number of carbonyl (C=O) groups is 2. The molecule has 0 bridgehead atoms. The van der Waals surface area contributed by atoms with Crippen LogP contribution in [0.5, 0.6) is 10.8 Å². The lowest BCUT2D eigenvalue weighted by atomic mass is 10.1. The van der Waals surface area contributed by atoms with E-state index in [1.54, 1.807) is 13.8 Å². The number of ether oxygens (including phenoxy) is 3. The van der Waals surface area contributed by atoms with E-state index in [1.165, 1.54) is 18.2 Å². The molecule has 0 saturated carbocycles. The van der Waals surface area contributed by atoms with E-state index in [-0.39, 0.29) is 53.2 Å². The molecule has 0 unspecified atom stereocenters. The summed E-state index contributed by atoms with van der Waals surface area (Å²) in [6, 6.07) is 3.81. The van der Waals surface area contributed by atoms with Crippen molar-refractivity contribution in [2.75, 3.05) is 22.8 Å². The fraction of sp³-hybridized carbons (Fsp3) is 0.522. The van der Waals surface area contributed by atoms with Gasteiger partial charge < -0.3 is 19.3 Å². The van der Waals surface area contributed by atoms with Crippen LogP contribution in [0.15, 0.2) is 23.2 Å². The number of sulfonamides is 1. The number of aliphatic carboxylic acids is 1. The molecule has 2 aromatic rings. The summed E-state index contributed by atoms with van der Waals surface area (Å²) in [7, 11) is -4.39. The summed E-state index contributed by atoms with van der Waals surface area (Å²) in [6.45, 7) is 4.75. The molecule has 0 spiro atoms. The number of benzene rings is 1. The Kier molecular flexibility index (Phi) is 8.89. The fourth-order valence-corrected chi connectivity index (χ4v) is 6.23. The number of carboxylic acids is 1. The Labute approximate surface area is 226 Å². The molecule has 3 rings (SSSR count). The molecule has 39 heavy (non-hydrogen) atoms. The zero-order chi connectivity index (χ0) is 29.2. The maximum Gasteiger partial charge on any atom is 0.427 e. The summed E-state index contributed by atoms with van der Waals surface area (Å²) < 4.78 is 83.9. The predicted molar refractivity (Wildman–Crippen MR) is 135 cm³/mol. The molecule has 16 heteroatoms. The Balaban J connectivity index is 2.01. The SMILES string of the molecule is CCOc1sc(CC)nc1S(=O)(=O)N1C[C@H](CCC(=O)O)Oc2ccc(NC(=O)OC(C)(C)C(F)(F)F)cc21. The first-order chi connectivity index (χ1) is 18.1. The number of anilines is 2. The Morgan fingerprint density at radius 1 is 1.28 bits per heavy atom. The minimum absolute atomic E-state index is 0.00472. The quantitative estimate of drug-likeness (QED) is 0.395. The van der Waals surface area contributed by atoms with Crippen LogP contribution in [-0.2, 0) is 26.0 Å². The lowest BCUT2D eigenvalue weighted by Gasteiger charge is -2.35. The average molecular weight is 596 g/mol. The zero-order valence-electron chi connectivity index (χ0n) is 21.5. The maximum absolute atomic E-state index is 13.9. The zero-order valence-corrected chi connectivity index (χ0v) is 23.1. The third-order valence-electron chi connectivity index (χ3n) is 5.57. The number of alkyl halides is 3. The molecule has 1 aliphatic rings. The standard InChI is InChI=1S/C23H28F3N3O8S2/c1-5-17-28-19(20(38-17)35-6-2)39(33,34)29-12-14(8-10-18(30)31)36-16-9-7-13(11-15(16)29)27-21(32)37-22(3,4)23(24,25)26/h7,9,11,14H,5-6,8,10,12H2,1-4H3,(H,27,32)(H,30,31)/t14-/m0/s1. The number of nitrogens with one attached hydrogen (secondary N) is 1. The molecule has 0 saturated heterocycles. The van der Waals surface area contributed by atoms with E-state index >= 15 is 0 Å². The van der Waals surface area contributed by atoms with Crippen LogP contribution in [-0.4, -0.2) is 61.6 Å². The van der Waals surface area contributed by atoms with Crippen molar-refractivity contribution in [1.82, 2.24) is 4.98 Å². The molecule has 1 aliphatic heterocycles. The minimum atomic E-state index is -4.83. The van der Waals surface area contributed by atoms with E-state index in [9.17, 15) is 31.2 Å². The summed E-state index contributed by atoms with van der Waals surface area (Å²) in [5.41, 5.74) is -2.89. The van der Waals surface area contributed by atoms with Crippen LogP contribution in [0.4, 0.5) is 29.3 Å². The number of halogens is 3. The van der Waals surface area contributed by atoms with E-state index in [4.69, 9.17) is 14.6 Å². The number of carbonyl (C=O) groups excluding carboxylic acids is 1. The van der Waals surface area contributed by atoms with Crippen molar-refractivity contribution in [3.63, 3.8) is 0 Å². The molecule has 0 radical (unpaired) electrons. The normalized spacial score (nSPS) is 15.8. The van der Waals surface area contributed by atoms with Crippen molar-refractivity contribution < 1.29 is 50.5 Å². The summed E-state index contributed by atoms with van der Waals surface area (Å²) in [6.07, 6.45) is -6.91. The molecular weight excluding hydrogens is 567 g/mol. The van der Waals surface area contributed by atoms with Gasteiger partial charge in [0.2, 0.25) is 15.7 Å². The number of aryl methyl sites for hydroxylation is 1. The topological polar surface area (TPSA) is 144 Å². The van der Waals surface area contributed by atoms with E-state index in [2.05, 4.69) is 15.0 Å². The third kappa shape index (κ3) is 6.84. The van der Waals surface area contributed by atoms with Crippen LogP contribution in [0.25, 0.3) is 0 Å². The summed E-state index contributed by atoms with van der Waals surface area (Å²) in [5, 5.41) is 11.5. The first kappa shape index (κ1) is 30.3. The molecule has 2 heterocycles. The smallest absolute Gasteiger partial charge is 0.427 e. The Morgan fingerprint density at radius 3 is 2.56 bits per heavy atom. The van der Waals surface area contributed by atoms with E-state index in [1.807, 2.05) is 0 Å². The van der Waals surface area contributed by atoms with Gasteiger partial charge in [0.1, 0.15) is 11.9 Å². The van der Waals surface area contributed by atoms with Crippen LogP contribution in [0, 0.1) is 0 Å². The Hall–Kier alpha value is -3.27. The van der Waals surface area contributed by atoms with Gasteiger partial charge in [0.15, 0.2) is 0 Å². The molecule has 1 amide bonds. The lowest BCUT2D eigenvalue weighted by Crippen LogP contribution is -2.44. The van der Waals surface area contributed by atoms with Crippen LogP contribution in [0.1, 0.15) is 45.5 Å². The average Bonchev–Trinajstić information content (AvgIpc) is 3.25. The Bertz CT molecular complexity index is 1330. The molecule has 0 aliphatic carbocycles. The van der Waals surface area contributed by atoms with Gasteiger partial charge in [-0.05, 0) is 51.8 Å². The lowest BCUT2D eigenvalue weighted by molar-refractivity contribution is -0.242. The summed E-state index contributed by atoms with van der Waals surface area (Å²) in [5.74, 6) is -1.04. The van der Waals surface area contributed by atoms with Crippen molar-refractivity contribution in [3.8, 4) is 10.8 Å². The highest BCUT2D eigenvalue weighted by Gasteiger charge is 2.51. The number of fused-ring (bicyclic) bond motifs is 1. The van der Waals surface area contributed by atoms with Gasteiger partial charge in [-0.25, -0.2) is 9.78 Å². The Morgan fingerprint density at radius 2 is 1.97 bits per heavy atom. The number of rotatable bonds is 10. The molecule has 1 aromatic heterocycles. The molecule has 1 aromatic carbocycles. The maximum atomic E-state index is 13.9. The van der Waals surface area contributed by atoms with Crippen LogP contribution >= 0.6 is 11.3 Å². The second-order valence-corrected chi connectivity index (χ2v) is 11.7. The van der Waals surface area contributed by atoms with Crippen LogP contribution in [0.2, 0.25) is 0 Å². The van der Waals surface area contributed by atoms with Crippen molar-refractivity contribution >= 4 is 44.8 Å². The second kappa shape index (κ2) is 11.5. The molecule has 11 nitrogen and oxygen atoms in total. The van der Waals surface area contributed by atoms with Gasteiger partial charge in [-0.3, -0.25) is 14.4 Å². The van der Waals surface area contributed by atoms with Crippen molar-refractivity contribution in [1.29, 1.82) is 0 Å². The van der Waals surface area contributed by atoms with Gasteiger partial charge in [-0.2, -0.15) is 21.6 Å². The van der Waals surface area contributed by atoms with Crippen molar-refractivity contribution in [2.24, 2.45) is 0 Å². The molecular formula is C23H28F3N3O8S2. The third-order valence-corrected chi connectivity index (χ3v) is 8.50. The van der Waals surface area contributed by atoms with Crippen molar-refractivity contribution in [3.05, 3.63) is 23.2 Å². The van der Waals surface area contributed by atoms with Gasteiger partial charge in [0, 0.05) is 12.1 Å². The number of hydrogen-bond donors (Lipinski definition) is 2. The van der Waals surface area contributed by atoms with Gasteiger partial charge >= 0.3 is 18.2 Å².